The maximum Gasteiger partial charge on any atom is 0.153 e. The van der Waals surface area contributed by atoms with Crippen molar-refractivity contribution in [1.82, 2.24) is 0 Å². The fourth-order valence-electron chi connectivity index (χ4n) is 0.352. The summed E-state index contributed by atoms with van der Waals surface area (Å²) in [4.78, 5) is 3.89. The molecule has 7 heavy (non-hydrogen) atoms. The van der Waals surface area contributed by atoms with Crippen molar-refractivity contribution in [2.75, 3.05) is 12.3 Å². The fraction of sp³-hybridized carbons (Fsp3) is 0.667. The number of hydrogen-bond acceptors (Lipinski definition) is 3. The summed E-state index contributed by atoms with van der Waals surface area (Å²) in [6, 6.07) is 0. The molecule has 4 heteroatoms. The van der Waals surface area contributed by atoms with Gasteiger partial charge in [0.1, 0.15) is 0 Å². The molecule has 0 saturated heterocycles. The van der Waals surface area contributed by atoms with Gasteiger partial charge in [0.2, 0.25) is 0 Å². The minimum Gasteiger partial charge on any atom is -1.00 e. The minimum absolute atomic E-state index is 0. The first kappa shape index (κ1) is 7.11. The molecule has 0 aromatic heterocycles. The Balaban J connectivity index is 0.000000360. The Kier molecular flexibility index (Phi) is 3.21. The number of amidine groups is 1. The molecule has 1 heterocycles. The first-order valence-electron chi connectivity index (χ1n) is 1.82. The van der Waals surface area contributed by atoms with E-state index in [0.29, 0.717) is 0 Å². The third kappa shape index (κ3) is 2.04. The molecule has 42 valence electrons. The molecule has 0 aromatic carbocycles. The van der Waals surface area contributed by atoms with E-state index in [4.69, 9.17) is 5.73 Å². The van der Waals surface area contributed by atoms with Gasteiger partial charge in [-0.2, -0.15) is 0 Å². The smallest absolute Gasteiger partial charge is 0.153 e. The van der Waals surface area contributed by atoms with Crippen LogP contribution < -0.4 is 18.1 Å². The summed E-state index contributed by atoms with van der Waals surface area (Å²) in [6.07, 6.45) is 0. The molecule has 1 aliphatic rings. The van der Waals surface area contributed by atoms with Gasteiger partial charge >= 0.3 is 0 Å². The van der Waals surface area contributed by atoms with Gasteiger partial charge in [-0.05, 0) is 0 Å². The van der Waals surface area contributed by atoms with E-state index in [2.05, 4.69) is 4.99 Å². The maximum atomic E-state index is 5.25. The molecule has 2 N–H and O–H groups in total. The van der Waals surface area contributed by atoms with Gasteiger partial charge in [-0.25, -0.2) is 0 Å². The number of halogens is 1. The number of hydrogen-bond donors (Lipinski definition) is 1. The van der Waals surface area contributed by atoms with E-state index < -0.39 is 0 Å². The molecule has 2 nitrogen and oxygen atoms in total. The third-order valence-electron chi connectivity index (χ3n) is 0.609. The Morgan fingerprint density at radius 1 is 1.71 bits per heavy atom. The molecular formula is C3H6ClN2S-. The molecule has 0 radical (unpaired) electrons. The van der Waals surface area contributed by atoms with Crippen LogP contribution in [0.15, 0.2) is 4.99 Å². The Morgan fingerprint density at radius 2 is 2.43 bits per heavy atom. The fourth-order valence-corrected chi connectivity index (χ4v) is 0.926. The van der Waals surface area contributed by atoms with Crippen LogP contribution in [-0.2, 0) is 0 Å². The van der Waals surface area contributed by atoms with E-state index >= 15 is 0 Å². The highest BCUT2D eigenvalue weighted by molar-refractivity contribution is 8.14. The first-order valence-corrected chi connectivity index (χ1v) is 2.81. The van der Waals surface area contributed by atoms with Crippen LogP contribution in [0.4, 0.5) is 0 Å². The lowest BCUT2D eigenvalue weighted by atomic mass is 10.8. The van der Waals surface area contributed by atoms with Crippen LogP contribution in [0.5, 0.6) is 0 Å². The van der Waals surface area contributed by atoms with Crippen LogP contribution in [-0.4, -0.2) is 17.5 Å². The molecule has 0 unspecified atom stereocenters. The highest BCUT2D eigenvalue weighted by Gasteiger charge is 1.98. The predicted octanol–water partition coefficient (Wildman–Crippen LogP) is -2.95. The largest absolute Gasteiger partial charge is 1.00 e. The van der Waals surface area contributed by atoms with Crippen LogP contribution in [0.2, 0.25) is 0 Å². The average molecular weight is 138 g/mol. The lowest BCUT2D eigenvalue weighted by Crippen LogP contribution is -3.00. The van der Waals surface area contributed by atoms with Crippen molar-refractivity contribution >= 4 is 16.9 Å². The van der Waals surface area contributed by atoms with E-state index in [-0.39, 0.29) is 12.4 Å². The summed E-state index contributed by atoms with van der Waals surface area (Å²) in [5.74, 6) is 1.08. The first-order chi connectivity index (χ1) is 2.89. The lowest BCUT2D eigenvalue weighted by molar-refractivity contribution is -0.00000132. The van der Waals surface area contributed by atoms with Gasteiger partial charge in [-0.1, -0.05) is 11.8 Å². The molecule has 0 bridgehead atoms. The molecule has 0 aliphatic carbocycles. The predicted molar refractivity (Wildman–Crippen MR) is 28.9 cm³/mol. The number of thioether (sulfide) groups is 1. The Labute approximate surface area is 53.0 Å². The maximum absolute atomic E-state index is 5.25. The average Bonchev–Trinajstić information content (AvgIpc) is 1.86. The van der Waals surface area contributed by atoms with Gasteiger partial charge in [0, 0.05) is 5.75 Å². The van der Waals surface area contributed by atoms with E-state index in [9.17, 15) is 0 Å². The lowest BCUT2D eigenvalue weighted by Gasteiger charge is -1.78. The van der Waals surface area contributed by atoms with Crippen LogP contribution in [0.25, 0.3) is 0 Å². The van der Waals surface area contributed by atoms with Gasteiger partial charge in [0.05, 0.1) is 6.54 Å². The number of aliphatic imine (C=N–C) groups is 1. The van der Waals surface area contributed by atoms with Gasteiger partial charge < -0.3 is 18.1 Å². The second-order valence-electron chi connectivity index (χ2n) is 1.07. The summed E-state index contributed by atoms with van der Waals surface area (Å²) in [5, 5.41) is 0.745. The van der Waals surface area contributed by atoms with Crippen LogP contribution in [0.1, 0.15) is 0 Å². The molecule has 0 aromatic rings. The topological polar surface area (TPSA) is 38.4 Å². The number of rotatable bonds is 0. The SMILES string of the molecule is NC1=NCCS1.[Cl-]. The molecule has 0 fully saturated rings. The van der Waals surface area contributed by atoms with E-state index in [0.717, 1.165) is 17.5 Å². The van der Waals surface area contributed by atoms with Crippen LogP contribution in [0.3, 0.4) is 0 Å². The standard InChI is InChI=1S/C3H6N2S.ClH/c4-3-5-1-2-6-3;/h1-2H2,(H2,4,5);1H/p-1. The zero-order valence-electron chi connectivity index (χ0n) is 3.72. The summed E-state index contributed by atoms with van der Waals surface area (Å²) < 4.78 is 0. The summed E-state index contributed by atoms with van der Waals surface area (Å²) in [6.45, 7) is 0.913. The summed E-state index contributed by atoms with van der Waals surface area (Å²) >= 11 is 1.62. The molecule has 0 amide bonds. The van der Waals surface area contributed by atoms with Crippen molar-refractivity contribution in [2.24, 2.45) is 10.7 Å². The van der Waals surface area contributed by atoms with Gasteiger partial charge in [-0.3, -0.25) is 4.99 Å². The Hall–Kier alpha value is 0.110. The Morgan fingerprint density at radius 3 is 2.57 bits per heavy atom. The van der Waals surface area contributed by atoms with Crippen molar-refractivity contribution in [3.63, 3.8) is 0 Å². The second kappa shape index (κ2) is 3.16. The highest BCUT2D eigenvalue weighted by Crippen LogP contribution is 2.05. The highest BCUT2D eigenvalue weighted by atomic mass is 35.5. The normalized spacial score (nSPS) is 18.0. The molecule has 0 saturated carbocycles. The van der Waals surface area contributed by atoms with E-state index in [1.807, 2.05) is 0 Å². The number of nitrogens with two attached hydrogens (primary N) is 1. The van der Waals surface area contributed by atoms with Gasteiger partial charge in [0.25, 0.3) is 0 Å². The molecule has 1 rings (SSSR count). The van der Waals surface area contributed by atoms with Gasteiger partial charge in [0.15, 0.2) is 5.17 Å². The van der Waals surface area contributed by atoms with Crippen molar-refractivity contribution in [3.8, 4) is 0 Å². The molecule has 1 aliphatic heterocycles. The second-order valence-corrected chi connectivity index (χ2v) is 2.18. The number of nitrogens with zero attached hydrogens (tertiary/aromatic N) is 1. The monoisotopic (exact) mass is 137 g/mol. The van der Waals surface area contributed by atoms with E-state index in [1.54, 1.807) is 11.8 Å². The van der Waals surface area contributed by atoms with Crippen molar-refractivity contribution in [3.05, 3.63) is 0 Å². The quantitative estimate of drug-likeness (QED) is 0.388. The van der Waals surface area contributed by atoms with Gasteiger partial charge in [-0.15, -0.1) is 0 Å². The van der Waals surface area contributed by atoms with Crippen LogP contribution >= 0.6 is 11.8 Å². The molecule has 0 spiro atoms. The van der Waals surface area contributed by atoms with E-state index in [1.165, 1.54) is 0 Å². The molecule has 0 atom stereocenters. The summed E-state index contributed by atoms with van der Waals surface area (Å²) in [5.41, 5.74) is 5.25. The van der Waals surface area contributed by atoms with Crippen molar-refractivity contribution in [2.45, 2.75) is 0 Å². The Bertz CT molecular complexity index is 83.0. The molecular weight excluding hydrogens is 132 g/mol. The minimum atomic E-state index is 0. The zero-order valence-corrected chi connectivity index (χ0v) is 5.30. The van der Waals surface area contributed by atoms with Crippen molar-refractivity contribution < 1.29 is 12.4 Å². The van der Waals surface area contributed by atoms with Crippen LogP contribution in [0, 0.1) is 0 Å². The third-order valence-corrected chi connectivity index (χ3v) is 1.42. The zero-order chi connectivity index (χ0) is 4.41. The van der Waals surface area contributed by atoms with Crippen molar-refractivity contribution in [1.29, 1.82) is 0 Å². The summed E-state index contributed by atoms with van der Waals surface area (Å²) in [7, 11) is 0.